The third-order valence-electron chi connectivity index (χ3n) is 2.98. The van der Waals surface area contributed by atoms with Crippen molar-refractivity contribution in [3.05, 3.63) is 52.8 Å². The lowest BCUT2D eigenvalue weighted by Gasteiger charge is -2.06. The highest BCUT2D eigenvalue weighted by Gasteiger charge is 2.06. The minimum Gasteiger partial charge on any atom is -0.348 e. The van der Waals surface area contributed by atoms with E-state index in [2.05, 4.69) is 10.4 Å². The summed E-state index contributed by atoms with van der Waals surface area (Å²) in [6.07, 6.45) is 3.64. The average molecular weight is 243 g/mol. The van der Waals surface area contributed by atoms with E-state index in [0.717, 1.165) is 11.1 Å². The number of carbonyl (C=O) groups excluding carboxylic acids is 1. The van der Waals surface area contributed by atoms with Crippen LogP contribution in [0.3, 0.4) is 0 Å². The number of carbonyl (C=O) groups is 1. The summed E-state index contributed by atoms with van der Waals surface area (Å²) >= 11 is 0. The highest BCUT2D eigenvalue weighted by molar-refractivity contribution is 5.94. The summed E-state index contributed by atoms with van der Waals surface area (Å²) in [5, 5.41) is 6.94. The number of hydrogen-bond acceptors (Lipinski definition) is 2. The quantitative estimate of drug-likeness (QED) is 0.895. The predicted molar refractivity (Wildman–Crippen MR) is 70.3 cm³/mol. The molecular weight excluding hydrogens is 226 g/mol. The molecule has 1 amide bonds. The number of aromatic nitrogens is 2. The van der Waals surface area contributed by atoms with Crippen LogP contribution in [0.2, 0.25) is 0 Å². The number of benzene rings is 1. The Morgan fingerprint density at radius 3 is 2.72 bits per heavy atom. The van der Waals surface area contributed by atoms with Gasteiger partial charge in [0.25, 0.3) is 5.91 Å². The second kappa shape index (κ2) is 5.04. The number of amides is 1. The molecule has 4 nitrogen and oxygen atoms in total. The van der Waals surface area contributed by atoms with E-state index >= 15 is 0 Å². The van der Waals surface area contributed by atoms with Gasteiger partial charge in [0.15, 0.2) is 0 Å². The zero-order valence-electron chi connectivity index (χ0n) is 10.9. The number of rotatable bonds is 3. The van der Waals surface area contributed by atoms with Crippen LogP contribution in [0.4, 0.5) is 0 Å². The maximum Gasteiger partial charge on any atom is 0.251 e. The van der Waals surface area contributed by atoms with Crippen molar-refractivity contribution in [2.45, 2.75) is 20.4 Å². The molecule has 0 unspecified atom stereocenters. The first-order chi connectivity index (χ1) is 8.56. The summed E-state index contributed by atoms with van der Waals surface area (Å²) in [6, 6.07) is 5.73. The van der Waals surface area contributed by atoms with Gasteiger partial charge in [-0.3, -0.25) is 9.48 Å². The van der Waals surface area contributed by atoms with Crippen molar-refractivity contribution >= 4 is 5.91 Å². The van der Waals surface area contributed by atoms with Gasteiger partial charge in [-0.1, -0.05) is 6.07 Å². The van der Waals surface area contributed by atoms with Crippen molar-refractivity contribution in [3.63, 3.8) is 0 Å². The van der Waals surface area contributed by atoms with E-state index in [1.54, 1.807) is 10.9 Å². The summed E-state index contributed by atoms with van der Waals surface area (Å²) in [5.41, 5.74) is 4.01. The maximum absolute atomic E-state index is 11.9. The molecule has 0 radical (unpaired) electrons. The first-order valence-corrected chi connectivity index (χ1v) is 5.89. The normalized spacial score (nSPS) is 10.4. The first-order valence-electron chi connectivity index (χ1n) is 5.89. The van der Waals surface area contributed by atoms with Crippen LogP contribution >= 0.6 is 0 Å². The molecular formula is C14H17N3O. The standard InChI is InChI=1S/C14H17N3O/c1-10-4-5-13(6-11(10)2)14(18)15-7-12-8-16-17(3)9-12/h4-6,8-9H,7H2,1-3H3,(H,15,18). The second-order valence-corrected chi connectivity index (χ2v) is 4.50. The zero-order chi connectivity index (χ0) is 13.1. The summed E-state index contributed by atoms with van der Waals surface area (Å²) in [5.74, 6) is -0.0537. The van der Waals surface area contributed by atoms with Crippen LogP contribution in [0.5, 0.6) is 0 Å². The van der Waals surface area contributed by atoms with E-state index in [9.17, 15) is 4.79 Å². The Labute approximate surface area is 107 Å². The predicted octanol–water partition coefficient (Wildman–Crippen LogP) is 1.97. The van der Waals surface area contributed by atoms with Gasteiger partial charge in [-0.15, -0.1) is 0 Å². The van der Waals surface area contributed by atoms with Crippen LogP contribution in [0.1, 0.15) is 27.0 Å². The lowest BCUT2D eigenvalue weighted by atomic mass is 10.1. The minimum absolute atomic E-state index is 0.0537. The summed E-state index contributed by atoms with van der Waals surface area (Å²) in [6.45, 7) is 4.54. The number of aryl methyl sites for hydroxylation is 3. The van der Waals surface area contributed by atoms with Crippen LogP contribution in [-0.2, 0) is 13.6 Å². The Morgan fingerprint density at radius 1 is 1.33 bits per heavy atom. The van der Waals surface area contributed by atoms with Crippen LogP contribution in [0.15, 0.2) is 30.6 Å². The maximum atomic E-state index is 11.9. The van der Waals surface area contributed by atoms with Gasteiger partial charge in [0.05, 0.1) is 6.20 Å². The molecule has 0 fully saturated rings. The molecule has 0 aliphatic rings. The molecule has 1 N–H and O–H groups in total. The van der Waals surface area contributed by atoms with Crippen molar-refractivity contribution in [1.82, 2.24) is 15.1 Å². The Kier molecular flexibility index (Phi) is 3.46. The third kappa shape index (κ3) is 2.77. The number of nitrogens with one attached hydrogen (secondary N) is 1. The van der Waals surface area contributed by atoms with Gasteiger partial charge >= 0.3 is 0 Å². The molecule has 4 heteroatoms. The van der Waals surface area contributed by atoms with Gasteiger partial charge in [-0.2, -0.15) is 5.10 Å². The molecule has 0 saturated carbocycles. The van der Waals surface area contributed by atoms with Gasteiger partial charge in [-0.05, 0) is 37.1 Å². The van der Waals surface area contributed by atoms with E-state index in [0.29, 0.717) is 12.1 Å². The van der Waals surface area contributed by atoms with E-state index in [4.69, 9.17) is 0 Å². The van der Waals surface area contributed by atoms with E-state index in [1.807, 2.05) is 45.3 Å². The van der Waals surface area contributed by atoms with E-state index in [-0.39, 0.29) is 5.91 Å². The molecule has 1 aromatic heterocycles. The summed E-state index contributed by atoms with van der Waals surface area (Å²) in [4.78, 5) is 11.9. The van der Waals surface area contributed by atoms with Crippen molar-refractivity contribution in [2.24, 2.45) is 7.05 Å². The van der Waals surface area contributed by atoms with Crippen LogP contribution in [0.25, 0.3) is 0 Å². The van der Waals surface area contributed by atoms with E-state index < -0.39 is 0 Å². The molecule has 0 atom stereocenters. The molecule has 0 bridgehead atoms. The Morgan fingerprint density at radius 2 is 2.11 bits per heavy atom. The lowest BCUT2D eigenvalue weighted by Crippen LogP contribution is -2.22. The zero-order valence-corrected chi connectivity index (χ0v) is 10.9. The van der Waals surface area contributed by atoms with Crippen LogP contribution in [0, 0.1) is 13.8 Å². The number of hydrogen-bond donors (Lipinski definition) is 1. The Bertz CT molecular complexity index is 572. The molecule has 94 valence electrons. The Hall–Kier alpha value is -2.10. The molecule has 0 spiro atoms. The fourth-order valence-corrected chi connectivity index (χ4v) is 1.73. The molecule has 2 aromatic rings. The fraction of sp³-hybridized carbons (Fsp3) is 0.286. The average Bonchev–Trinajstić information content (AvgIpc) is 2.75. The van der Waals surface area contributed by atoms with Gasteiger partial charge in [0, 0.05) is 30.9 Å². The van der Waals surface area contributed by atoms with Crippen LogP contribution < -0.4 is 5.32 Å². The molecule has 0 aliphatic heterocycles. The fourth-order valence-electron chi connectivity index (χ4n) is 1.73. The first kappa shape index (κ1) is 12.4. The SMILES string of the molecule is Cc1ccc(C(=O)NCc2cnn(C)c2)cc1C. The lowest BCUT2D eigenvalue weighted by molar-refractivity contribution is 0.0951. The van der Waals surface area contributed by atoms with Gasteiger partial charge in [0.2, 0.25) is 0 Å². The van der Waals surface area contributed by atoms with Gasteiger partial charge in [0.1, 0.15) is 0 Å². The van der Waals surface area contributed by atoms with Crippen molar-refractivity contribution in [1.29, 1.82) is 0 Å². The molecule has 18 heavy (non-hydrogen) atoms. The summed E-state index contributed by atoms with van der Waals surface area (Å²) < 4.78 is 1.72. The largest absolute Gasteiger partial charge is 0.348 e. The monoisotopic (exact) mass is 243 g/mol. The van der Waals surface area contributed by atoms with Crippen LogP contribution in [-0.4, -0.2) is 15.7 Å². The second-order valence-electron chi connectivity index (χ2n) is 4.50. The van der Waals surface area contributed by atoms with E-state index in [1.165, 1.54) is 5.56 Å². The minimum atomic E-state index is -0.0537. The van der Waals surface area contributed by atoms with Gasteiger partial charge in [-0.25, -0.2) is 0 Å². The van der Waals surface area contributed by atoms with Crippen molar-refractivity contribution in [3.8, 4) is 0 Å². The molecule has 0 saturated heterocycles. The van der Waals surface area contributed by atoms with Gasteiger partial charge < -0.3 is 5.32 Å². The van der Waals surface area contributed by atoms with Crippen molar-refractivity contribution < 1.29 is 4.79 Å². The smallest absolute Gasteiger partial charge is 0.251 e. The molecule has 2 rings (SSSR count). The molecule has 1 aromatic carbocycles. The highest BCUT2D eigenvalue weighted by atomic mass is 16.1. The molecule has 0 aliphatic carbocycles. The Balaban J connectivity index is 2.01. The topological polar surface area (TPSA) is 46.9 Å². The third-order valence-corrected chi connectivity index (χ3v) is 2.98. The van der Waals surface area contributed by atoms with Crippen molar-refractivity contribution in [2.75, 3.05) is 0 Å². The highest BCUT2D eigenvalue weighted by Crippen LogP contribution is 2.09. The summed E-state index contributed by atoms with van der Waals surface area (Å²) in [7, 11) is 1.86. The number of nitrogens with zero attached hydrogens (tertiary/aromatic N) is 2. The molecule has 1 heterocycles.